The summed E-state index contributed by atoms with van der Waals surface area (Å²) < 4.78 is 29.0. The standard InChI is InChI=1S/C26H28F2N5O2P/c1-13-10-15(11-19(29)24(13)31-14(2)34)16-8-9-30-12-21(16)33-26(35)20-7-6-18(28)25(32-20)23-17(27)4-3-5-22(23)36/h3-9,12-13,15,19,24H,10-11,29,36H2,1-2H3,(H,31,34)(H,33,35). The molecule has 4 rings (SSSR count). The van der Waals surface area contributed by atoms with Crippen molar-refractivity contribution in [1.82, 2.24) is 15.3 Å². The highest BCUT2D eigenvalue weighted by Gasteiger charge is 2.35. The Balaban J connectivity index is 1.59. The highest BCUT2D eigenvalue weighted by atomic mass is 31.0. The summed E-state index contributed by atoms with van der Waals surface area (Å²) in [5.41, 5.74) is 7.44. The molecule has 0 spiro atoms. The van der Waals surface area contributed by atoms with E-state index in [-0.39, 0.29) is 46.8 Å². The molecule has 7 nitrogen and oxygen atoms in total. The van der Waals surface area contributed by atoms with Crippen LogP contribution in [0.2, 0.25) is 0 Å². The predicted molar refractivity (Wildman–Crippen MR) is 138 cm³/mol. The van der Waals surface area contributed by atoms with Crippen LogP contribution in [0.15, 0.2) is 48.8 Å². The highest BCUT2D eigenvalue weighted by molar-refractivity contribution is 7.28. The third-order valence-corrected chi connectivity index (χ3v) is 7.04. The topological polar surface area (TPSA) is 110 Å². The number of pyridine rings is 2. The summed E-state index contributed by atoms with van der Waals surface area (Å²) in [6.45, 7) is 3.52. The monoisotopic (exact) mass is 511 g/mol. The fourth-order valence-electron chi connectivity index (χ4n) is 4.91. The number of carbonyl (C=O) groups is 2. The normalized spacial score (nSPS) is 21.6. The number of carbonyl (C=O) groups excluding carboxylic acids is 2. The molecule has 10 heteroatoms. The van der Waals surface area contributed by atoms with E-state index >= 15 is 0 Å². The van der Waals surface area contributed by atoms with Gasteiger partial charge in [-0.25, -0.2) is 13.8 Å². The van der Waals surface area contributed by atoms with E-state index in [4.69, 9.17) is 5.73 Å². The van der Waals surface area contributed by atoms with Crippen LogP contribution in [-0.4, -0.2) is 33.9 Å². The number of amides is 2. The predicted octanol–water partition coefficient (Wildman–Crippen LogP) is 3.52. The van der Waals surface area contributed by atoms with Crippen LogP contribution in [0.4, 0.5) is 14.5 Å². The molecule has 5 unspecified atom stereocenters. The third kappa shape index (κ3) is 5.42. The lowest BCUT2D eigenvalue weighted by atomic mass is 9.73. The molecule has 3 aromatic rings. The molecular weight excluding hydrogens is 483 g/mol. The zero-order chi connectivity index (χ0) is 26.0. The minimum absolute atomic E-state index is 0.0179. The molecule has 1 saturated carbocycles. The maximum Gasteiger partial charge on any atom is 0.274 e. The highest BCUT2D eigenvalue weighted by Crippen LogP contribution is 2.38. The second-order valence-corrected chi connectivity index (χ2v) is 9.81. The summed E-state index contributed by atoms with van der Waals surface area (Å²) in [6.07, 6.45) is 4.57. The van der Waals surface area contributed by atoms with E-state index in [2.05, 4.69) is 29.8 Å². The van der Waals surface area contributed by atoms with Gasteiger partial charge in [-0.3, -0.25) is 14.6 Å². The van der Waals surface area contributed by atoms with Crippen molar-refractivity contribution >= 4 is 32.0 Å². The number of nitrogens with zero attached hydrogens (tertiary/aromatic N) is 2. The first-order valence-electron chi connectivity index (χ1n) is 11.6. The van der Waals surface area contributed by atoms with E-state index in [1.54, 1.807) is 18.5 Å². The summed E-state index contributed by atoms with van der Waals surface area (Å²) in [5.74, 6) is -1.90. The summed E-state index contributed by atoms with van der Waals surface area (Å²) in [4.78, 5) is 33.0. The molecule has 1 aliphatic carbocycles. The maximum absolute atomic E-state index is 14.6. The molecule has 1 fully saturated rings. The fourth-order valence-corrected chi connectivity index (χ4v) is 5.30. The lowest BCUT2D eigenvalue weighted by Gasteiger charge is -2.39. The molecule has 36 heavy (non-hydrogen) atoms. The summed E-state index contributed by atoms with van der Waals surface area (Å²) in [7, 11) is 2.35. The molecule has 5 atom stereocenters. The SMILES string of the molecule is CC(=O)NC1C(C)CC(c2ccncc2NC(=O)c2ccc(F)c(-c3c(F)cccc3P)n2)CC1N. The fraction of sp³-hybridized carbons (Fsp3) is 0.308. The van der Waals surface area contributed by atoms with Gasteiger partial charge in [0.05, 0.1) is 11.9 Å². The zero-order valence-corrected chi connectivity index (χ0v) is 21.1. The molecule has 188 valence electrons. The van der Waals surface area contributed by atoms with Gasteiger partial charge in [-0.15, -0.1) is 9.24 Å². The smallest absolute Gasteiger partial charge is 0.274 e. The van der Waals surface area contributed by atoms with Gasteiger partial charge in [0.1, 0.15) is 23.0 Å². The Morgan fingerprint density at radius 1 is 1.11 bits per heavy atom. The average Bonchev–Trinajstić information content (AvgIpc) is 2.82. The van der Waals surface area contributed by atoms with Crippen molar-refractivity contribution in [3.8, 4) is 11.3 Å². The molecule has 0 aliphatic heterocycles. The first kappa shape index (κ1) is 25.8. The van der Waals surface area contributed by atoms with E-state index < -0.39 is 17.5 Å². The van der Waals surface area contributed by atoms with Crippen LogP contribution < -0.4 is 21.7 Å². The molecule has 0 saturated heterocycles. The van der Waals surface area contributed by atoms with Crippen LogP contribution in [0.5, 0.6) is 0 Å². The van der Waals surface area contributed by atoms with Gasteiger partial charge in [-0.05, 0) is 59.8 Å². The molecule has 1 aromatic carbocycles. The van der Waals surface area contributed by atoms with E-state index in [0.717, 1.165) is 18.1 Å². The lowest BCUT2D eigenvalue weighted by Crippen LogP contribution is -2.54. The van der Waals surface area contributed by atoms with Gasteiger partial charge in [0.25, 0.3) is 5.91 Å². The van der Waals surface area contributed by atoms with Gasteiger partial charge in [0.15, 0.2) is 0 Å². The number of halogens is 2. The number of hydrogen-bond acceptors (Lipinski definition) is 5. The van der Waals surface area contributed by atoms with Gasteiger partial charge in [-0.2, -0.15) is 0 Å². The molecule has 4 N–H and O–H groups in total. The van der Waals surface area contributed by atoms with Gasteiger partial charge in [0, 0.05) is 30.8 Å². The summed E-state index contributed by atoms with van der Waals surface area (Å²) in [6, 6.07) is 8.16. The number of benzene rings is 1. The lowest BCUT2D eigenvalue weighted by molar-refractivity contribution is -0.120. The number of hydrogen-bond donors (Lipinski definition) is 3. The first-order valence-corrected chi connectivity index (χ1v) is 12.2. The summed E-state index contributed by atoms with van der Waals surface area (Å²) >= 11 is 0. The second kappa shape index (κ2) is 10.8. The number of nitrogens with two attached hydrogens (primary N) is 1. The Bertz CT molecular complexity index is 1270. The van der Waals surface area contributed by atoms with Gasteiger partial charge >= 0.3 is 0 Å². The Morgan fingerprint density at radius 3 is 2.58 bits per heavy atom. The molecule has 2 amide bonds. The van der Waals surface area contributed by atoms with E-state index in [1.807, 2.05) is 13.0 Å². The Kier molecular flexibility index (Phi) is 7.71. The van der Waals surface area contributed by atoms with Crippen LogP contribution in [-0.2, 0) is 4.79 Å². The molecule has 2 aromatic heterocycles. The van der Waals surface area contributed by atoms with Crippen LogP contribution in [0.3, 0.4) is 0 Å². The van der Waals surface area contributed by atoms with Gasteiger partial charge < -0.3 is 16.4 Å². The quantitative estimate of drug-likeness (QED) is 0.454. The van der Waals surface area contributed by atoms with Crippen molar-refractivity contribution in [2.75, 3.05) is 5.32 Å². The van der Waals surface area contributed by atoms with Crippen molar-refractivity contribution in [2.24, 2.45) is 11.7 Å². The Morgan fingerprint density at radius 2 is 1.89 bits per heavy atom. The van der Waals surface area contributed by atoms with Crippen LogP contribution in [0.25, 0.3) is 11.3 Å². The maximum atomic E-state index is 14.6. The number of anilines is 1. The molecule has 0 radical (unpaired) electrons. The number of aromatic nitrogens is 2. The van der Waals surface area contributed by atoms with Crippen LogP contribution in [0, 0.1) is 17.6 Å². The van der Waals surface area contributed by atoms with E-state index in [9.17, 15) is 18.4 Å². The molecular formula is C26H28F2N5O2P. The van der Waals surface area contributed by atoms with Crippen molar-refractivity contribution in [3.63, 3.8) is 0 Å². The Labute approximate surface area is 210 Å². The second-order valence-electron chi connectivity index (χ2n) is 9.18. The average molecular weight is 512 g/mol. The van der Waals surface area contributed by atoms with Gasteiger partial charge in [-0.1, -0.05) is 19.1 Å². The number of nitrogens with one attached hydrogen (secondary N) is 2. The Hall–Kier alpha value is -3.29. The van der Waals surface area contributed by atoms with Crippen LogP contribution in [0.1, 0.15) is 48.7 Å². The minimum Gasteiger partial charge on any atom is -0.352 e. The van der Waals surface area contributed by atoms with E-state index in [1.165, 1.54) is 25.1 Å². The first-order chi connectivity index (χ1) is 17.2. The summed E-state index contributed by atoms with van der Waals surface area (Å²) in [5, 5.41) is 6.19. The van der Waals surface area contributed by atoms with E-state index in [0.29, 0.717) is 17.4 Å². The number of rotatable bonds is 5. The molecule has 0 bridgehead atoms. The van der Waals surface area contributed by atoms with Crippen molar-refractivity contribution in [3.05, 3.63) is 71.7 Å². The van der Waals surface area contributed by atoms with Crippen molar-refractivity contribution < 1.29 is 18.4 Å². The molecule has 2 heterocycles. The van der Waals surface area contributed by atoms with Crippen molar-refractivity contribution in [2.45, 2.75) is 44.7 Å². The molecule has 1 aliphatic rings. The minimum atomic E-state index is -0.735. The van der Waals surface area contributed by atoms with Crippen molar-refractivity contribution in [1.29, 1.82) is 0 Å². The largest absolute Gasteiger partial charge is 0.352 e. The van der Waals surface area contributed by atoms with Crippen LogP contribution >= 0.6 is 9.24 Å². The van der Waals surface area contributed by atoms with Gasteiger partial charge in [0.2, 0.25) is 5.91 Å². The zero-order valence-electron chi connectivity index (χ0n) is 20.0. The third-order valence-electron chi connectivity index (χ3n) is 6.56.